The highest BCUT2D eigenvalue weighted by Crippen LogP contribution is 2.17. The van der Waals surface area contributed by atoms with Gasteiger partial charge in [0.1, 0.15) is 0 Å². The molecule has 0 amide bonds. The molecule has 5 heteroatoms. The van der Waals surface area contributed by atoms with Gasteiger partial charge in [0.2, 0.25) is 0 Å². The van der Waals surface area contributed by atoms with Crippen LogP contribution in [0.15, 0.2) is 53.5 Å². The third-order valence-corrected chi connectivity index (χ3v) is 2.43. The van der Waals surface area contributed by atoms with Crippen LogP contribution in [0.5, 0.6) is 0 Å². The van der Waals surface area contributed by atoms with Crippen LogP contribution in [0.3, 0.4) is 0 Å². The number of aromatic nitrogens is 1. The van der Waals surface area contributed by atoms with Crippen LogP contribution in [0.4, 0.5) is 5.69 Å². The average molecular weight is 230 g/mol. The monoisotopic (exact) mass is 230 g/mol. The molecule has 0 spiro atoms. The SMILES string of the molecule is O=c1ccccn1Cc1ccccc1[N+](=O)[O-]. The second kappa shape index (κ2) is 4.61. The molecule has 0 saturated carbocycles. The van der Waals surface area contributed by atoms with Crippen molar-refractivity contribution in [1.82, 2.24) is 4.57 Å². The normalized spacial score (nSPS) is 10.1. The summed E-state index contributed by atoms with van der Waals surface area (Å²) in [6.45, 7) is 0.205. The van der Waals surface area contributed by atoms with Gasteiger partial charge < -0.3 is 4.57 Å². The summed E-state index contributed by atoms with van der Waals surface area (Å²) in [5, 5.41) is 10.8. The van der Waals surface area contributed by atoms with Gasteiger partial charge in [-0.25, -0.2) is 0 Å². The quantitative estimate of drug-likeness (QED) is 0.596. The molecule has 2 aromatic rings. The molecule has 0 radical (unpaired) electrons. The number of rotatable bonds is 3. The molecule has 0 fully saturated rings. The lowest BCUT2D eigenvalue weighted by Crippen LogP contribution is -2.18. The van der Waals surface area contributed by atoms with E-state index in [1.807, 2.05) is 0 Å². The van der Waals surface area contributed by atoms with Gasteiger partial charge in [-0.2, -0.15) is 0 Å². The van der Waals surface area contributed by atoms with Gasteiger partial charge in [0, 0.05) is 23.9 Å². The molecule has 0 bridgehead atoms. The summed E-state index contributed by atoms with van der Waals surface area (Å²) in [6.07, 6.45) is 1.61. The number of nitro benzene ring substituents is 1. The Morgan fingerprint density at radius 3 is 2.53 bits per heavy atom. The molecule has 2 rings (SSSR count). The fraction of sp³-hybridized carbons (Fsp3) is 0.0833. The second-order valence-corrected chi connectivity index (χ2v) is 3.55. The van der Waals surface area contributed by atoms with Crippen molar-refractivity contribution >= 4 is 5.69 Å². The number of nitro groups is 1. The van der Waals surface area contributed by atoms with Gasteiger partial charge in [0.05, 0.1) is 11.5 Å². The number of pyridine rings is 1. The molecule has 5 nitrogen and oxygen atoms in total. The maximum atomic E-state index is 11.5. The minimum Gasteiger partial charge on any atom is -0.311 e. The maximum absolute atomic E-state index is 11.5. The summed E-state index contributed by atoms with van der Waals surface area (Å²) in [5.41, 5.74) is 0.375. The molecule has 0 aliphatic rings. The van der Waals surface area contributed by atoms with Crippen molar-refractivity contribution in [2.24, 2.45) is 0 Å². The lowest BCUT2D eigenvalue weighted by atomic mass is 10.2. The van der Waals surface area contributed by atoms with E-state index < -0.39 is 4.92 Å². The Bertz CT molecular complexity index is 604. The molecule has 0 saturated heterocycles. The molecule has 0 atom stereocenters. The molecule has 1 aromatic carbocycles. The van der Waals surface area contributed by atoms with E-state index in [-0.39, 0.29) is 17.8 Å². The first-order valence-electron chi connectivity index (χ1n) is 5.06. The molecular weight excluding hydrogens is 220 g/mol. The third kappa shape index (κ3) is 2.39. The summed E-state index contributed by atoms with van der Waals surface area (Å²) in [7, 11) is 0. The molecule has 0 aliphatic heterocycles. The summed E-state index contributed by atoms with van der Waals surface area (Å²) >= 11 is 0. The van der Waals surface area contributed by atoms with Crippen LogP contribution in [-0.2, 0) is 6.54 Å². The maximum Gasteiger partial charge on any atom is 0.274 e. The van der Waals surface area contributed by atoms with Gasteiger partial charge in [-0.05, 0) is 6.07 Å². The van der Waals surface area contributed by atoms with E-state index in [1.54, 1.807) is 36.5 Å². The Kier molecular flexibility index (Phi) is 3.00. The smallest absolute Gasteiger partial charge is 0.274 e. The topological polar surface area (TPSA) is 65.1 Å². The van der Waals surface area contributed by atoms with Gasteiger partial charge in [-0.3, -0.25) is 14.9 Å². The average Bonchev–Trinajstić information content (AvgIpc) is 2.32. The first-order chi connectivity index (χ1) is 8.18. The van der Waals surface area contributed by atoms with Crippen LogP contribution in [0.2, 0.25) is 0 Å². The second-order valence-electron chi connectivity index (χ2n) is 3.55. The van der Waals surface area contributed by atoms with Crippen molar-refractivity contribution in [3.8, 4) is 0 Å². The van der Waals surface area contributed by atoms with Crippen LogP contribution >= 0.6 is 0 Å². The van der Waals surface area contributed by atoms with Crippen LogP contribution in [0.25, 0.3) is 0 Å². The minimum atomic E-state index is -0.441. The lowest BCUT2D eigenvalue weighted by Gasteiger charge is -2.05. The van der Waals surface area contributed by atoms with Crippen LogP contribution in [-0.4, -0.2) is 9.49 Å². The Balaban J connectivity index is 2.40. The number of hydrogen-bond donors (Lipinski definition) is 0. The van der Waals surface area contributed by atoms with Crippen LogP contribution in [0.1, 0.15) is 5.56 Å². The fourth-order valence-corrected chi connectivity index (χ4v) is 1.60. The summed E-state index contributed by atoms with van der Waals surface area (Å²) in [5.74, 6) is 0. The largest absolute Gasteiger partial charge is 0.311 e. The van der Waals surface area contributed by atoms with Gasteiger partial charge in [-0.15, -0.1) is 0 Å². The first-order valence-corrected chi connectivity index (χ1v) is 5.06. The van der Waals surface area contributed by atoms with Crippen molar-refractivity contribution in [3.05, 3.63) is 74.7 Å². The molecule has 1 heterocycles. The lowest BCUT2D eigenvalue weighted by molar-refractivity contribution is -0.385. The first kappa shape index (κ1) is 11.1. The van der Waals surface area contributed by atoms with Crippen molar-refractivity contribution in [2.75, 3.05) is 0 Å². The number of hydrogen-bond acceptors (Lipinski definition) is 3. The number of para-hydroxylation sites is 1. The zero-order valence-corrected chi connectivity index (χ0v) is 8.95. The summed E-state index contributed by atoms with van der Waals surface area (Å²) in [6, 6.07) is 11.2. The number of benzene rings is 1. The highest BCUT2D eigenvalue weighted by molar-refractivity contribution is 5.39. The van der Waals surface area contributed by atoms with E-state index in [0.29, 0.717) is 5.56 Å². The van der Waals surface area contributed by atoms with Gasteiger partial charge in [0.25, 0.3) is 11.2 Å². The van der Waals surface area contributed by atoms with E-state index in [1.165, 1.54) is 16.7 Å². The van der Waals surface area contributed by atoms with Crippen molar-refractivity contribution < 1.29 is 4.92 Å². The van der Waals surface area contributed by atoms with Crippen molar-refractivity contribution in [2.45, 2.75) is 6.54 Å². The molecule has 0 aliphatic carbocycles. The Morgan fingerprint density at radius 2 is 1.82 bits per heavy atom. The van der Waals surface area contributed by atoms with Crippen molar-refractivity contribution in [1.29, 1.82) is 0 Å². The standard InChI is InChI=1S/C12H10N2O3/c15-12-7-3-4-8-13(12)9-10-5-1-2-6-11(10)14(16)17/h1-8H,9H2. The van der Waals surface area contributed by atoms with Gasteiger partial charge in [0.15, 0.2) is 0 Å². The highest BCUT2D eigenvalue weighted by Gasteiger charge is 2.12. The molecule has 0 N–H and O–H groups in total. The van der Waals surface area contributed by atoms with E-state index in [4.69, 9.17) is 0 Å². The van der Waals surface area contributed by atoms with E-state index in [2.05, 4.69) is 0 Å². The van der Waals surface area contributed by atoms with E-state index >= 15 is 0 Å². The summed E-state index contributed by atoms with van der Waals surface area (Å²) < 4.78 is 1.43. The predicted octanol–water partition coefficient (Wildman–Crippen LogP) is 1.80. The number of nitrogens with zero attached hydrogens (tertiary/aromatic N) is 2. The van der Waals surface area contributed by atoms with E-state index in [9.17, 15) is 14.9 Å². The predicted molar refractivity (Wildman–Crippen MR) is 62.9 cm³/mol. The van der Waals surface area contributed by atoms with Crippen molar-refractivity contribution in [3.63, 3.8) is 0 Å². The zero-order chi connectivity index (χ0) is 12.3. The van der Waals surface area contributed by atoms with Gasteiger partial charge >= 0.3 is 0 Å². The molecular formula is C12H10N2O3. The van der Waals surface area contributed by atoms with Crippen LogP contribution in [0, 0.1) is 10.1 Å². The molecule has 1 aromatic heterocycles. The Hall–Kier alpha value is -2.43. The Morgan fingerprint density at radius 1 is 1.12 bits per heavy atom. The minimum absolute atomic E-state index is 0.0308. The fourth-order valence-electron chi connectivity index (χ4n) is 1.60. The van der Waals surface area contributed by atoms with Gasteiger partial charge in [-0.1, -0.05) is 24.3 Å². The molecule has 17 heavy (non-hydrogen) atoms. The zero-order valence-electron chi connectivity index (χ0n) is 8.95. The molecule has 86 valence electrons. The third-order valence-electron chi connectivity index (χ3n) is 2.43. The molecule has 0 unspecified atom stereocenters. The summed E-state index contributed by atoms with van der Waals surface area (Å²) in [4.78, 5) is 21.9. The Labute approximate surface area is 97.1 Å². The van der Waals surface area contributed by atoms with E-state index in [0.717, 1.165) is 0 Å². The highest BCUT2D eigenvalue weighted by atomic mass is 16.6. The van der Waals surface area contributed by atoms with Crippen LogP contribution < -0.4 is 5.56 Å².